The monoisotopic (exact) mass is 209 g/mol. The van der Waals surface area contributed by atoms with E-state index in [0.717, 1.165) is 18.8 Å². The van der Waals surface area contributed by atoms with Crippen molar-refractivity contribution in [2.45, 2.75) is 18.9 Å². The maximum Gasteiger partial charge on any atom is 0.0267 e. The van der Waals surface area contributed by atoms with E-state index in [4.69, 9.17) is 11.6 Å². The van der Waals surface area contributed by atoms with Crippen molar-refractivity contribution in [3.63, 3.8) is 0 Å². The van der Waals surface area contributed by atoms with Crippen LogP contribution in [0.3, 0.4) is 0 Å². The second-order valence-electron chi connectivity index (χ2n) is 3.95. The van der Waals surface area contributed by atoms with E-state index in [-0.39, 0.29) is 0 Å². The number of nitrogens with one attached hydrogen (secondary N) is 1. The zero-order valence-electron chi connectivity index (χ0n) is 8.25. The first-order valence-corrected chi connectivity index (χ1v) is 5.77. The predicted molar refractivity (Wildman–Crippen MR) is 60.8 cm³/mol. The van der Waals surface area contributed by atoms with Crippen LogP contribution in [0, 0.1) is 5.92 Å². The molecule has 1 N–H and O–H groups in total. The Hall–Kier alpha value is -0.530. The summed E-state index contributed by atoms with van der Waals surface area (Å²) in [6, 6.07) is 11.2. The van der Waals surface area contributed by atoms with Crippen LogP contribution in [0.2, 0.25) is 0 Å². The standard InChI is InChI=1S/C12H16ClN/c13-9-11-6-7-14-12(11)8-10-4-2-1-3-5-10/h1-5,11-12,14H,6-9H2. The third kappa shape index (κ3) is 2.28. The van der Waals surface area contributed by atoms with Gasteiger partial charge in [-0.25, -0.2) is 0 Å². The lowest BCUT2D eigenvalue weighted by molar-refractivity contribution is 0.484. The second-order valence-corrected chi connectivity index (χ2v) is 4.26. The molecule has 0 spiro atoms. The molecule has 2 rings (SSSR count). The zero-order chi connectivity index (χ0) is 9.80. The molecule has 1 fully saturated rings. The van der Waals surface area contributed by atoms with Crippen molar-refractivity contribution in [2.75, 3.05) is 12.4 Å². The minimum absolute atomic E-state index is 0.579. The highest BCUT2D eigenvalue weighted by Gasteiger charge is 2.25. The fourth-order valence-corrected chi connectivity index (χ4v) is 2.48. The Kier molecular flexibility index (Phi) is 3.44. The molecule has 0 radical (unpaired) electrons. The summed E-state index contributed by atoms with van der Waals surface area (Å²) in [6.45, 7) is 1.12. The van der Waals surface area contributed by atoms with Gasteiger partial charge in [-0.1, -0.05) is 30.3 Å². The van der Waals surface area contributed by atoms with Gasteiger partial charge in [-0.2, -0.15) is 0 Å². The van der Waals surface area contributed by atoms with Crippen LogP contribution >= 0.6 is 11.6 Å². The molecule has 2 unspecified atom stereocenters. The minimum Gasteiger partial charge on any atom is -0.313 e. The Balaban J connectivity index is 1.97. The van der Waals surface area contributed by atoms with Gasteiger partial charge in [0.2, 0.25) is 0 Å². The minimum atomic E-state index is 0.579. The number of hydrogen-bond donors (Lipinski definition) is 1. The summed E-state index contributed by atoms with van der Waals surface area (Å²) in [7, 11) is 0. The third-order valence-electron chi connectivity index (χ3n) is 2.99. The third-order valence-corrected chi connectivity index (χ3v) is 3.38. The van der Waals surface area contributed by atoms with Gasteiger partial charge < -0.3 is 5.32 Å². The highest BCUT2D eigenvalue weighted by atomic mass is 35.5. The van der Waals surface area contributed by atoms with Crippen LogP contribution in [0.4, 0.5) is 0 Å². The van der Waals surface area contributed by atoms with E-state index in [9.17, 15) is 0 Å². The summed E-state index contributed by atoms with van der Waals surface area (Å²) >= 11 is 5.93. The van der Waals surface area contributed by atoms with Gasteiger partial charge in [0.15, 0.2) is 0 Å². The van der Waals surface area contributed by atoms with Crippen LogP contribution < -0.4 is 5.32 Å². The van der Waals surface area contributed by atoms with Crippen LogP contribution in [0.1, 0.15) is 12.0 Å². The molecule has 1 saturated heterocycles. The quantitative estimate of drug-likeness (QED) is 0.755. The summed E-state index contributed by atoms with van der Waals surface area (Å²) in [6.07, 6.45) is 2.33. The topological polar surface area (TPSA) is 12.0 Å². The molecule has 2 heteroatoms. The Morgan fingerprint density at radius 2 is 2.07 bits per heavy atom. The van der Waals surface area contributed by atoms with Gasteiger partial charge in [-0.3, -0.25) is 0 Å². The highest BCUT2D eigenvalue weighted by molar-refractivity contribution is 6.18. The van der Waals surface area contributed by atoms with Crippen molar-refractivity contribution in [3.8, 4) is 0 Å². The molecule has 1 heterocycles. The van der Waals surface area contributed by atoms with Gasteiger partial charge in [0.05, 0.1) is 0 Å². The van der Waals surface area contributed by atoms with Gasteiger partial charge in [0.25, 0.3) is 0 Å². The van der Waals surface area contributed by atoms with Crippen LogP contribution in [0.25, 0.3) is 0 Å². The molecule has 1 aliphatic heterocycles. The Morgan fingerprint density at radius 3 is 2.79 bits per heavy atom. The van der Waals surface area contributed by atoms with Crippen molar-refractivity contribution in [3.05, 3.63) is 35.9 Å². The van der Waals surface area contributed by atoms with E-state index < -0.39 is 0 Å². The molecular weight excluding hydrogens is 194 g/mol. The van der Waals surface area contributed by atoms with Gasteiger partial charge in [-0.05, 0) is 30.9 Å². The molecule has 76 valence electrons. The molecule has 0 aromatic heterocycles. The van der Waals surface area contributed by atoms with Crippen molar-refractivity contribution in [1.82, 2.24) is 5.32 Å². The normalized spacial score (nSPS) is 26.6. The summed E-state index contributed by atoms with van der Waals surface area (Å²) in [5.41, 5.74) is 1.40. The summed E-state index contributed by atoms with van der Waals surface area (Å²) in [5.74, 6) is 1.43. The fourth-order valence-electron chi connectivity index (χ4n) is 2.11. The molecule has 2 atom stereocenters. The average molecular weight is 210 g/mol. The van der Waals surface area contributed by atoms with Gasteiger partial charge in [0.1, 0.15) is 0 Å². The van der Waals surface area contributed by atoms with Crippen molar-refractivity contribution < 1.29 is 0 Å². The molecule has 0 saturated carbocycles. The SMILES string of the molecule is ClCC1CCNC1Cc1ccccc1. The number of hydrogen-bond acceptors (Lipinski definition) is 1. The number of rotatable bonds is 3. The molecular formula is C12H16ClN. The van der Waals surface area contributed by atoms with Crippen LogP contribution in [-0.2, 0) is 6.42 Å². The maximum absolute atomic E-state index is 5.93. The first-order chi connectivity index (χ1) is 6.90. The number of alkyl halides is 1. The first kappa shape index (κ1) is 10.0. The highest BCUT2D eigenvalue weighted by Crippen LogP contribution is 2.20. The van der Waals surface area contributed by atoms with Crippen LogP contribution in [-0.4, -0.2) is 18.5 Å². The van der Waals surface area contributed by atoms with Crippen LogP contribution in [0.15, 0.2) is 30.3 Å². The first-order valence-electron chi connectivity index (χ1n) is 5.23. The molecule has 1 aromatic carbocycles. The lowest BCUT2D eigenvalue weighted by Gasteiger charge is -2.17. The van der Waals surface area contributed by atoms with E-state index in [1.807, 2.05) is 0 Å². The molecule has 14 heavy (non-hydrogen) atoms. The van der Waals surface area contributed by atoms with Crippen LogP contribution in [0.5, 0.6) is 0 Å². The molecule has 0 bridgehead atoms. The number of benzene rings is 1. The lowest BCUT2D eigenvalue weighted by Crippen LogP contribution is -2.30. The smallest absolute Gasteiger partial charge is 0.0267 e. The second kappa shape index (κ2) is 4.81. The maximum atomic E-state index is 5.93. The number of halogens is 1. The zero-order valence-corrected chi connectivity index (χ0v) is 9.00. The van der Waals surface area contributed by atoms with Crippen molar-refractivity contribution in [2.24, 2.45) is 5.92 Å². The fraction of sp³-hybridized carbons (Fsp3) is 0.500. The summed E-state index contributed by atoms with van der Waals surface area (Å²) in [5, 5.41) is 3.52. The van der Waals surface area contributed by atoms with E-state index in [1.54, 1.807) is 0 Å². The molecule has 1 aliphatic rings. The van der Waals surface area contributed by atoms with Gasteiger partial charge in [-0.15, -0.1) is 11.6 Å². The van der Waals surface area contributed by atoms with E-state index >= 15 is 0 Å². The lowest BCUT2D eigenvalue weighted by atomic mass is 9.96. The van der Waals surface area contributed by atoms with Crippen molar-refractivity contribution >= 4 is 11.6 Å². The van der Waals surface area contributed by atoms with Gasteiger partial charge >= 0.3 is 0 Å². The van der Waals surface area contributed by atoms with Gasteiger partial charge in [0, 0.05) is 11.9 Å². The Morgan fingerprint density at radius 1 is 1.29 bits per heavy atom. The van der Waals surface area contributed by atoms with E-state index in [1.165, 1.54) is 12.0 Å². The van der Waals surface area contributed by atoms with Crippen molar-refractivity contribution in [1.29, 1.82) is 0 Å². The molecule has 1 nitrogen and oxygen atoms in total. The Labute approximate surface area is 90.5 Å². The molecule has 0 aliphatic carbocycles. The summed E-state index contributed by atoms with van der Waals surface area (Å²) in [4.78, 5) is 0. The summed E-state index contributed by atoms with van der Waals surface area (Å²) < 4.78 is 0. The molecule has 1 aromatic rings. The van der Waals surface area contributed by atoms with E-state index in [2.05, 4.69) is 35.6 Å². The van der Waals surface area contributed by atoms with E-state index in [0.29, 0.717) is 12.0 Å². The Bertz CT molecular complexity index is 273. The largest absolute Gasteiger partial charge is 0.313 e. The average Bonchev–Trinajstić information content (AvgIpc) is 2.67. The molecule has 0 amide bonds. The predicted octanol–water partition coefficient (Wildman–Crippen LogP) is 2.45.